The van der Waals surface area contributed by atoms with Crippen molar-refractivity contribution in [2.75, 3.05) is 6.54 Å². The van der Waals surface area contributed by atoms with Crippen molar-refractivity contribution < 1.29 is 5.11 Å². The summed E-state index contributed by atoms with van der Waals surface area (Å²) < 4.78 is 0. The van der Waals surface area contributed by atoms with Gasteiger partial charge >= 0.3 is 0 Å². The SMILES string of the molecule is CC1CC(NC[C@@H](C)O)C1C. The normalized spacial score (nSPS) is 39.8. The summed E-state index contributed by atoms with van der Waals surface area (Å²) >= 11 is 0. The van der Waals surface area contributed by atoms with Crippen molar-refractivity contribution in [1.82, 2.24) is 5.32 Å². The van der Waals surface area contributed by atoms with E-state index in [-0.39, 0.29) is 6.10 Å². The van der Waals surface area contributed by atoms with Crippen LogP contribution in [0.4, 0.5) is 0 Å². The highest BCUT2D eigenvalue weighted by Gasteiger charge is 2.33. The smallest absolute Gasteiger partial charge is 0.0636 e. The lowest BCUT2D eigenvalue weighted by atomic mass is 9.71. The predicted molar refractivity (Wildman–Crippen MR) is 46.4 cm³/mol. The molecule has 2 heteroatoms. The minimum Gasteiger partial charge on any atom is -0.392 e. The van der Waals surface area contributed by atoms with Gasteiger partial charge in [-0.3, -0.25) is 0 Å². The van der Waals surface area contributed by atoms with Gasteiger partial charge in [-0.15, -0.1) is 0 Å². The van der Waals surface area contributed by atoms with Crippen LogP contribution in [0.5, 0.6) is 0 Å². The molecule has 1 rings (SSSR count). The van der Waals surface area contributed by atoms with Crippen LogP contribution in [0.3, 0.4) is 0 Å². The molecule has 66 valence electrons. The predicted octanol–water partition coefficient (Wildman–Crippen LogP) is 1.00. The molecule has 2 N–H and O–H groups in total. The molecule has 0 amide bonds. The van der Waals surface area contributed by atoms with E-state index in [1.165, 1.54) is 6.42 Å². The van der Waals surface area contributed by atoms with E-state index in [1.807, 2.05) is 6.92 Å². The van der Waals surface area contributed by atoms with Crippen molar-refractivity contribution >= 4 is 0 Å². The Bertz CT molecular complexity index is 125. The second kappa shape index (κ2) is 3.55. The van der Waals surface area contributed by atoms with Crippen LogP contribution in [0.15, 0.2) is 0 Å². The molecule has 1 saturated carbocycles. The van der Waals surface area contributed by atoms with Crippen molar-refractivity contribution in [3.63, 3.8) is 0 Å². The second-order valence-electron chi connectivity index (χ2n) is 3.94. The number of nitrogens with one attached hydrogen (secondary N) is 1. The Kier molecular flexibility index (Phi) is 2.90. The van der Waals surface area contributed by atoms with Gasteiger partial charge in [0.2, 0.25) is 0 Å². The highest BCUT2D eigenvalue weighted by atomic mass is 16.3. The number of rotatable bonds is 3. The summed E-state index contributed by atoms with van der Waals surface area (Å²) in [6.07, 6.45) is 1.06. The highest BCUT2D eigenvalue weighted by molar-refractivity contribution is 4.89. The maximum atomic E-state index is 9.01. The van der Waals surface area contributed by atoms with Gasteiger partial charge in [0.25, 0.3) is 0 Å². The standard InChI is InChI=1S/C9H19NO/c1-6-4-9(8(6)3)10-5-7(2)11/h6-11H,4-5H2,1-3H3/t6?,7-,8?,9?/m1/s1. The zero-order valence-electron chi connectivity index (χ0n) is 7.67. The molecule has 0 bridgehead atoms. The first-order valence-corrected chi connectivity index (χ1v) is 4.52. The van der Waals surface area contributed by atoms with Gasteiger partial charge in [-0.2, -0.15) is 0 Å². The molecule has 4 atom stereocenters. The summed E-state index contributed by atoms with van der Waals surface area (Å²) in [4.78, 5) is 0. The topological polar surface area (TPSA) is 32.3 Å². The number of aliphatic hydroxyl groups excluding tert-OH is 1. The third-order valence-corrected chi connectivity index (χ3v) is 2.83. The van der Waals surface area contributed by atoms with Gasteiger partial charge in [-0.05, 0) is 25.2 Å². The fourth-order valence-corrected chi connectivity index (χ4v) is 1.62. The van der Waals surface area contributed by atoms with E-state index in [9.17, 15) is 0 Å². The number of aliphatic hydroxyl groups is 1. The van der Waals surface area contributed by atoms with Gasteiger partial charge in [0, 0.05) is 12.6 Å². The van der Waals surface area contributed by atoms with E-state index in [0.29, 0.717) is 6.04 Å². The molecule has 0 radical (unpaired) electrons. The summed E-state index contributed by atoms with van der Waals surface area (Å²) in [5, 5.41) is 12.4. The fourth-order valence-electron chi connectivity index (χ4n) is 1.62. The maximum absolute atomic E-state index is 9.01. The molecule has 0 aromatic rings. The third-order valence-electron chi connectivity index (χ3n) is 2.83. The first-order valence-electron chi connectivity index (χ1n) is 4.52. The molecule has 1 fully saturated rings. The second-order valence-corrected chi connectivity index (χ2v) is 3.94. The number of hydrogen-bond acceptors (Lipinski definition) is 2. The molecule has 0 spiro atoms. The zero-order chi connectivity index (χ0) is 8.43. The Morgan fingerprint density at radius 2 is 2.18 bits per heavy atom. The Hall–Kier alpha value is -0.0800. The summed E-state index contributed by atoms with van der Waals surface area (Å²) in [6.45, 7) is 7.11. The van der Waals surface area contributed by atoms with Crippen molar-refractivity contribution in [3.05, 3.63) is 0 Å². The Morgan fingerprint density at radius 1 is 1.55 bits per heavy atom. The van der Waals surface area contributed by atoms with Crippen LogP contribution in [-0.2, 0) is 0 Å². The van der Waals surface area contributed by atoms with Crippen molar-refractivity contribution in [2.24, 2.45) is 11.8 Å². The minimum atomic E-state index is -0.210. The van der Waals surface area contributed by atoms with E-state index in [4.69, 9.17) is 5.11 Å². The van der Waals surface area contributed by atoms with Crippen LogP contribution in [0.2, 0.25) is 0 Å². The Morgan fingerprint density at radius 3 is 2.55 bits per heavy atom. The molecule has 2 nitrogen and oxygen atoms in total. The fraction of sp³-hybridized carbons (Fsp3) is 1.00. The summed E-state index contributed by atoms with van der Waals surface area (Å²) in [5.74, 6) is 1.65. The minimum absolute atomic E-state index is 0.210. The van der Waals surface area contributed by atoms with Crippen molar-refractivity contribution in [3.8, 4) is 0 Å². The molecule has 1 aliphatic rings. The van der Waals surface area contributed by atoms with Crippen molar-refractivity contribution in [2.45, 2.75) is 39.3 Å². The zero-order valence-corrected chi connectivity index (χ0v) is 7.67. The van der Waals surface area contributed by atoms with E-state index in [0.717, 1.165) is 18.4 Å². The van der Waals surface area contributed by atoms with Gasteiger partial charge in [0.1, 0.15) is 0 Å². The highest BCUT2D eigenvalue weighted by Crippen LogP contribution is 2.33. The van der Waals surface area contributed by atoms with Gasteiger partial charge < -0.3 is 10.4 Å². The van der Waals surface area contributed by atoms with Gasteiger partial charge in [0.15, 0.2) is 0 Å². The van der Waals surface area contributed by atoms with Crippen LogP contribution < -0.4 is 5.32 Å². The summed E-state index contributed by atoms with van der Waals surface area (Å²) in [5.41, 5.74) is 0. The monoisotopic (exact) mass is 157 g/mol. The molecule has 0 aliphatic heterocycles. The number of hydrogen-bond donors (Lipinski definition) is 2. The lowest BCUT2D eigenvalue weighted by Gasteiger charge is -2.41. The average molecular weight is 157 g/mol. The molecule has 3 unspecified atom stereocenters. The van der Waals surface area contributed by atoms with Gasteiger partial charge in [-0.25, -0.2) is 0 Å². The first kappa shape index (κ1) is 9.01. The molecule has 1 aliphatic carbocycles. The van der Waals surface area contributed by atoms with Crippen LogP contribution in [-0.4, -0.2) is 23.8 Å². The average Bonchev–Trinajstić information content (AvgIpc) is 1.96. The van der Waals surface area contributed by atoms with E-state index in [2.05, 4.69) is 19.2 Å². The summed E-state index contributed by atoms with van der Waals surface area (Å²) in [6, 6.07) is 0.652. The molecule has 0 saturated heterocycles. The molecule has 0 aromatic carbocycles. The molecule has 11 heavy (non-hydrogen) atoms. The third kappa shape index (κ3) is 2.17. The molecule has 0 heterocycles. The van der Waals surface area contributed by atoms with E-state index in [1.54, 1.807) is 0 Å². The molecule has 0 aromatic heterocycles. The Balaban J connectivity index is 2.10. The largest absolute Gasteiger partial charge is 0.392 e. The molecular weight excluding hydrogens is 138 g/mol. The van der Waals surface area contributed by atoms with Gasteiger partial charge in [-0.1, -0.05) is 13.8 Å². The van der Waals surface area contributed by atoms with Crippen LogP contribution in [0.1, 0.15) is 27.2 Å². The van der Waals surface area contributed by atoms with E-state index >= 15 is 0 Å². The maximum Gasteiger partial charge on any atom is 0.0636 e. The van der Waals surface area contributed by atoms with Crippen LogP contribution >= 0.6 is 0 Å². The van der Waals surface area contributed by atoms with E-state index < -0.39 is 0 Å². The lowest BCUT2D eigenvalue weighted by molar-refractivity contribution is 0.113. The molecular formula is C9H19NO. The van der Waals surface area contributed by atoms with Crippen LogP contribution in [0.25, 0.3) is 0 Å². The van der Waals surface area contributed by atoms with Crippen molar-refractivity contribution in [1.29, 1.82) is 0 Å². The lowest BCUT2D eigenvalue weighted by Crippen LogP contribution is -2.49. The Labute approximate surface area is 69.0 Å². The van der Waals surface area contributed by atoms with Crippen LogP contribution in [0, 0.1) is 11.8 Å². The first-order chi connectivity index (χ1) is 5.11. The quantitative estimate of drug-likeness (QED) is 0.640. The van der Waals surface area contributed by atoms with Gasteiger partial charge in [0.05, 0.1) is 6.10 Å². The summed E-state index contributed by atoms with van der Waals surface area (Å²) in [7, 11) is 0.